The molecule has 4 N–H and O–H groups in total. The predicted molar refractivity (Wildman–Crippen MR) is 54.4 cm³/mol. The van der Waals surface area contributed by atoms with Crippen LogP contribution in [0.2, 0.25) is 5.02 Å². The maximum absolute atomic E-state index is 9.00. The Morgan fingerprint density at radius 3 is 2.54 bits per heavy atom. The quantitative estimate of drug-likeness (QED) is 0.712. The highest BCUT2D eigenvalue weighted by molar-refractivity contribution is 6.31. The fourth-order valence-corrected chi connectivity index (χ4v) is 1.23. The molecule has 74 valence electrons. The molecule has 0 saturated heterocycles. The summed E-state index contributed by atoms with van der Waals surface area (Å²) in [7, 11) is 0. The maximum Gasteiger partial charge on any atom is 0.117 e. The maximum atomic E-state index is 9.00. The van der Waals surface area contributed by atoms with Crippen LogP contribution in [0.15, 0.2) is 18.2 Å². The standard InChI is InChI=1S/C8H10ClNO2.ClH/c9-7-3-5(12)1-2-6(7)8(10)4-11;/h1-3,8,11-12H,4,10H2;1H/t8-;/m1./s1. The molecule has 3 nitrogen and oxygen atoms in total. The molecule has 0 aliphatic heterocycles. The van der Waals surface area contributed by atoms with Crippen LogP contribution < -0.4 is 5.73 Å². The summed E-state index contributed by atoms with van der Waals surface area (Å²) in [4.78, 5) is 0. The van der Waals surface area contributed by atoms with Gasteiger partial charge in [-0.25, -0.2) is 0 Å². The number of aliphatic hydroxyl groups excluding tert-OH is 1. The van der Waals surface area contributed by atoms with Crippen molar-refractivity contribution >= 4 is 24.0 Å². The van der Waals surface area contributed by atoms with Gasteiger partial charge in [-0.05, 0) is 17.7 Å². The van der Waals surface area contributed by atoms with Gasteiger partial charge in [-0.1, -0.05) is 17.7 Å². The molecule has 1 aromatic carbocycles. The molecule has 0 aromatic heterocycles. The van der Waals surface area contributed by atoms with Crippen molar-refractivity contribution in [3.8, 4) is 5.75 Å². The second kappa shape index (κ2) is 5.29. The Balaban J connectivity index is 0.00000144. The van der Waals surface area contributed by atoms with Crippen LogP contribution in [-0.2, 0) is 0 Å². The summed E-state index contributed by atoms with van der Waals surface area (Å²) < 4.78 is 0. The van der Waals surface area contributed by atoms with Crippen LogP contribution >= 0.6 is 24.0 Å². The normalized spacial score (nSPS) is 11.9. The lowest BCUT2D eigenvalue weighted by molar-refractivity contribution is 0.268. The van der Waals surface area contributed by atoms with Gasteiger partial charge in [0.1, 0.15) is 5.75 Å². The van der Waals surface area contributed by atoms with E-state index in [0.29, 0.717) is 10.6 Å². The van der Waals surface area contributed by atoms with Gasteiger partial charge in [0.25, 0.3) is 0 Å². The Bertz CT molecular complexity index is 281. The molecule has 0 bridgehead atoms. The summed E-state index contributed by atoms with van der Waals surface area (Å²) in [6.07, 6.45) is 0. The van der Waals surface area contributed by atoms with E-state index < -0.39 is 6.04 Å². The fraction of sp³-hybridized carbons (Fsp3) is 0.250. The van der Waals surface area contributed by atoms with Crippen LogP contribution in [0.4, 0.5) is 0 Å². The van der Waals surface area contributed by atoms with E-state index >= 15 is 0 Å². The van der Waals surface area contributed by atoms with Crippen LogP contribution in [-0.4, -0.2) is 16.8 Å². The number of hydrogen-bond donors (Lipinski definition) is 3. The summed E-state index contributed by atoms with van der Waals surface area (Å²) in [6.45, 7) is -0.162. The van der Waals surface area contributed by atoms with Gasteiger partial charge in [0, 0.05) is 5.02 Å². The average Bonchev–Trinajstić information content (AvgIpc) is 2.03. The zero-order chi connectivity index (χ0) is 9.14. The Hall–Kier alpha value is -0.480. The van der Waals surface area contributed by atoms with E-state index in [4.69, 9.17) is 27.5 Å². The third-order valence-electron chi connectivity index (χ3n) is 1.58. The first kappa shape index (κ1) is 12.5. The molecule has 0 heterocycles. The van der Waals surface area contributed by atoms with Crippen LogP contribution in [0.1, 0.15) is 11.6 Å². The molecule has 1 rings (SSSR count). The molecule has 0 spiro atoms. The molecular formula is C8H11Cl2NO2. The molecule has 1 atom stereocenters. The Morgan fingerprint density at radius 1 is 1.46 bits per heavy atom. The highest BCUT2D eigenvalue weighted by Crippen LogP contribution is 2.25. The van der Waals surface area contributed by atoms with Crippen molar-refractivity contribution in [2.24, 2.45) is 5.73 Å². The minimum Gasteiger partial charge on any atom is -0.508 e. The second-order valence-corrected chi connectivity index (χ2v) is 2.90. The predicted octanol–water partition coefficient (Wildman–Crippen LogP) is 1.46. The highest BCUT2D eigenvalue weighted by atomic mass is 35.5. The van der Waals surface area contributed by atoms with Crippen molar-refractivity contribution < 1.29 is 10.2 Å². The number of phenolic OH excluding ortho intramolecular Hbond substituents is 1. The molecule has 0 aliphatic rings. The number of halogens is 2. The molecule has 0 saturated carbocycles. The number of nitrogens with two attached hydrogens (primary N) is 1. The number of aliphatic hydroxyl groups is 1. The largest absolute Gasteiger partial charge is 0.508 e. The van der Waals surface area contributed by atoms with Gasteiger partial charge in [-0.2, -0.15) is 0 Å². The molecule has 0 unspecified atom stereocenters. The van der Waals surface area contributed by atoms with Gasteiger partial charge in [0.05, 0.1) is 12.6 Å². The Morgan fingerprint density at radius 2 is 2.08 bits per heavy atom. The van der Waals surface area contributed by atoms with Crippen molar-refractivity contribution in [3.05, 3.63) is 28.8 Å². The molecule has 0 aliphatic carbocycles. The van der Waals surface area contributed by atoms with Gasteiger partial charge in [0.15, 0.2) is 0 Å². The van der Waals surface area contributed by atoms with Gasteiger partial charge in [-0.3, -0.25) is 0 Å². The van der Waals surface area contributed by atoms with Crippen molar-refractivity contribution in [2.45, 2.75) is 6.04 Å². The second-order valence-electron chi connectivity index (χ2n) is 2.49. The van der Waals surface area contributed by atoms with E-state index in [1.165, 1.54) is 12.1 Å². The number of hydrogen-bond acceptors (Lipinski definition) is 3. The fourth-order valence-electron chi connectivity index (χ4n) is 0.915. The number of rotatable bonds is 2. The van der Waals surface area contributed by atoms with Gasteiger partial charge in [-0.15, -0.1) is 12.4 Å². The summed E-state index contributed by atoms with van der Waals surface area (Å²) in [5, 5.41) is 18.1. The van der Waals surface area contributed by atoms with Crippen molar-refractivity contribution in [2.75, 3.05) is 6.61 Å². The Labute approximate surface area is 87.5 Å². The summed E-state index contributed by atoms with van der Waals surface area (Å²) >= 11 is 5.75. The minimum absolute atomic E-state index is 0. The van der Waals surface area contributed by atoms with E-state index in [0.717, 1.165) is 0 Å². The van der Waals surface area contributed by atoms with Crippen LogP contribution in [0, 0.1) is 0 Å². The lowest BCUT2D eigenvalue weighted by Crippen LogP contribution is -2.14. The van der Waals surface area contributed by atoms with Crippen LogP contribution in [0.25, 0.3) is 0 Å². The van der Waals surface area contributed by atoms with Gasteiger partial charge in [0.2, 0.25) is 0 Å². The van der Waals surface area contributed by atoms with Crippen LogP contribution in [0.3, 0.4) is 0 Å². The first-order valence-electron chi connectivity index (χ1n) is 3.50. The number of phenols is 1. The van der Waals surface area contributed by atoms with Crippen LogP contribution in [0.5, 0.6) is 5.75 Å². The molecule has 0 amide bonds. The number of benzene rings is 1. The zero-order valence-electron chi connectivity index (χ0n) is 6.77. The number of aromatic hydroxyl groups is 1. The van der Waals surface area contributed by atoms with Crippen molar-refractivity contribution in [1.29, 1.82) is 0 Å². The van der Waals surface area contributed by atoms with E-state index in [1.54, 1.807) is 6.07 Å². The third kappa shape index (κ3) is 3.04. The molecule has 1 aromatic rings. The van der Waals surface area contributed by atoms with Crippen molar-refractivity contribution in [3.63, 3.8) is 0 Å². The lowest BCUT2D eigenvalue weighted by atomic mass is 10.1. The van der Waals surface area contributed by atoms with E-state index in [9.17, 15) is 0 Å². The summed E-state index contributed by atoms with van der Waals surface area (Å²) in [5.41, 5.74) is 6.17. The van der Waals surface area contributed by atoms with E-state index in [2.05, 4.69) is 0 Å². The Kier molecular flexibility index (Phi) is 5.10. The lowest BCUT2D eigenvalue weighted by Gasteiger charge is -2.10. The average molecular weight is 224 g/mol. The molecule has 0 radical (unpaired) electrons. The van der Waals surface area contributed by atoms with E-state index in [1.807, 2.05) is 0 Å². The van der Waals surface area contributed by atoms with Gasteiger partial charge < -0.3 is 15.9 Å². The topological polar surface area (TPSA) is 66.5 Å². The zero-order valence-corrected chi connectivity index (χ0v) is 8.35. The van der Waals surface area contributed by atoms with Crippen molar-refractivity contribution in [1.82, 2.24) is 0 Å². The summed E-state index contributed by atoms with van der Waals surface area (Å²) in [5.74, 6) is 0.0916. The molecule has 0 fully saturated rings. The van der Waals surface area contributed by atoms with Gasteiger partial charge >= 0.3 is 0 Å². The first-order valence-corrected chi connectivity index (χ1v) is 3.88. The molecule has 5 heteroatoms. The minimum atomic E-state index is -0.488. The SMILES string of the molecule is Cl.N[C@H](CO)c1ccc(O)cc1Cl. The molecule has 13 heavy (non-hydrogen) atoms. The monoisotopic (exact) mass is 223 g/mol. The highest BCUT2D eigenvalue weighted by Gasteiger charge is 2.08. The third-order valence-corrected chi connectivity index (χ3v) is 1.91. The summed E-state index contributed by atoms with van der Waals surface area (Å²) in [6, 6.07) is 3.99. The first-order chi connectivity index (χ1) is 5.65. The molecular weight excluding hydrogens is 213 g/mol. The van der Waals surface area contributed by atoms with E-state index in [-0.39, 0.29) is 24.8 Å². The smallest absolute Gasteiger partial charge is 0.117 e.